The van der Waals surface area contributed by atoms with E-state index in [1.807, 2.05) is 6.92 Å². The molecule has 0 aromatic heterocycles. The van der Waals surface area contributed by atoms with E-state index < -0.39 is 0 Å². The molecule has 0 spiro atoms. The molecule has 0 N–H and O–H groups in total. The Bertz CT molecular complexity index is 338. The van der Waals surface area contributed by atoms with Gasteiger partial charge in [0.25, 0.3) is 0 Å². The molecular weight excluding hydrogens is 238 g/mol. The van der Waals surface area contributed by atoms with Gasteiger partial charge in [0.2, 0.25) is 6.04 Å². The van der Waals surface area contributed by atoms with Gasteiger partial charge in [-0.1, -0.05) is 20.3 Å². The van der Waals surface area contributed by atoms with E-state index in [0.29, 0.717) is 6.10 Å². The van der Waals surface area contributed by atoms with Crippen LogP contribution in [0.5, 0.6) is 0 Å². The van der Waals surface area contributed by atoms with Crippen molar-refractivity contribution in [3.63, 3.8) is 0 Å². The number of ether oxygens (including phenoxy) is 2. The van der Waals surface area contributed by atoms with Gasteiger partial charge in [-0.3, -0.25) is 0 Å². The summed E-state index contributed by atoms with van der Waals surface area (Å²) in [7, 11) is 0. The molecule has 0 radical (unpaired) electrons. The van der Waals surface area contributed by atoms with E-state index in [-0.39, 0.29) is 23.9 Å². The molecule has 5 atom stereocenters. The van der Waals surface area contributed by atoms with E-state index in [0.717, 1.165) is 38.5 Å². The minimum atomic E-state index is -0.0650. The van der Waals surface area contributed by atoms with E-state index >= 15 is 0 Å². The summed E-state index contributed by atoms with van der Waals surface area (Å²) in [5.41, 5.74) is -0.0650. The third-order valence-corrected chi connectivity index (χ3v) is 4.70. The molecule has 2 aliphatic rings. The summed E-state index contributed by atoms with van der Waals surface area (Å²) >= 11 is 0. The molecule has 108 valence electrons. The first-order valence-electron chi connectivity index (χ1n) is 7.83. The maximum absolute atomic E-state index is 7.10. The molecule has 0 aromatic carbocycles. The van der Waals surface area contributed by atoms with Crippen molar-refractivity contribution < 1.29 is 9.47 Å². The number of hydrogen-bond donors (Lipinski definition) is 0. The van der Waals surface area contributed by atoms with Crippen LogP contribution in [0, 0.1) is 6.57 Å². The van der Waals surface area contributed by atoms with Gasteiger partial charge in [0, 0.05) is 19.8 Å². The Hall–Kier alpha value is -0.590. The van der Waals surface area contributed by atoms with Gasteiger partial charge in [0.05, 0.1) is 23.9 Å². The maximum atomic E-state index is 7.10. The van der Waals surface area contributed by atoms with Crippen LogP contribution >= 0.6 is 0 Å². The first-order chi connectivity index (χ1) is 9.13. The maximum Gasteiger partial charge on any atom is 0.223 e. The lowest BCUT2D eigenvalue weighted by molar-refractivity contribution is -0.168. The van der Waals surface area contributed by atoms with Gasteiger partial charge in [0.1, 0.15) is 0 Å². The first kappa shape index (κ1) is 14.8. The Kier molecular flexibility index (Phi) is 4.86. The van der Waals surface area contributed by atoms with Crippen LogP contribution in [0.25, 0.3) is 4.85 Å². The quantitative estimate of drug-likeness (QED) is 0.702. The molecule has 3 heteroatoms. The average Bonchev–Trinajstić information content (AvgIpc) is 2.77. The van der Waals surface area contributed by atoms with Gasteiger partial charge in [-0.05, 0) is 25.7 Å². The standard InChI is InChI=1S/C16H27NO2/c1-5-7-14-11-16(6-2)15(18-14)9-8-13(19-16)10-12(3)17-4/h12-15H,5-11H2,1-3H3/t12-,13-,14+,15+,16+/m1/s1. The summed E-state index contributed by atoms with van der Waals surface area (Å²) in [6.45, 7) is 13.5. The molecular formula is C16H27NO2. The Labute approximate surface area is 117 Å². The minimum absolute atomic E-state index is 0.0650. The summed E-state index contributed by atoms with van der Waals surface area (Å²) < 4.78 is 12.6. The van der Waals surface area contributed by atoms with Crippen molar-refractivity contribution in [1.29, 1.82) is 0 Å². The average molecular weight is 265 g/mol. The lowest BCUT2D eigenvalue weighted by atomic mass is 9.83. The lowest BCUT2D eigenvalue weighted by Crippen LogP contribution is -2.48. The number of nitrogens with zero attached hydrogens (tertiary/aromatic N) is 1. The number of fused-ring (bicyclic) bond motifs is 1. The van der Waals surface area contributed by atoms with E-state index in [2.05, 4.69) is 18.7 Å². The van der Waals surface area contributed by atoms with E-state index in [1.165, 1.54) is 6.42 Å². The summed E-state index contributed by atoms with van der Waals surface area (Å²) in [6, 6.07) is 0.0733. The van der Waals surface area contributed by atoms with Gasteiger partial charge >= 0.3 is 0 Å². The molecule has 3 nitrogen and oxygen atoms in total. The smallest absolute Gasteiger partial charge is 0.223 e. The third kappa shape index (κ3) is 3.12. The summed E-state index contributed by atoms with van der Waals surface area (Å²) in [5.74, 6) is 0. The molecule has 2 aliphatic heterocycles. The SMILES string of the molecule is [C-]#[N+][C@H](C)C[C@H]1CC[C@@H]2O[C@@H](CCC)C[C@]2(CC)O1. The van der Waals surface area contributed by atoms with Crippen molar-refractivity contribution in [1.82, 2.24) is 0 Å². The second-order valence-electron chi connectivity index (χ2n) is 6.19. The van der Waals surface area contributed by atoms with Crippen LogP contribution in [-0.2, 0) is 9.47 Å². The van der Waals surface area contributed by atoms with Crippen LogP contribution in [-0.4, -0.2) is 30.0 Å². The molecule has 2 heterocycles. The minimum Gasteiger partial charge on any atom is -0.372 e. The van der Waals surface area contributed by atoms with Crippen molar-refractivity contribution in [3.8, 4) is 0 Å². The molecule has 2 saturated heterocycles. The number of rotatable bonds is 5. The van der Waals surface area contributed by atoms with Crippen LogP contribution in [0.15, 0.2) is 0 Å². The fourth-order valence-electron chi connectivity index (χ4n) is 3.65. The van der Waals surface area contributed by atoms with Crippen molar-refractivity contribution in [2.24, 2.45) is 0 Å². The van der Waals surface area contributed by atoms with Gasteiger partial charge in [-0.2, -0.15) is 0 Å². The Balaban J connectivity index is 2.00. The Morgan fingerprint density at radius 1 is 1.32 bits per heavy atom. The van der Waals surface area contributed by atoms with Crippen molar-refractivity contribution in [2.45, 2.75) is 95.7 Å². The fourth-order valence-corrected chi connectivity index (χ4v) is 3.65. The summed E-state index contributed by atoms with van der Waals surface area (Å²) in [4.78, 5) is 3.60. The van der Waals surface area contributed by atoms with Crippen molar-refractivity contribution >= 4 is 0 Å². The molecule has 0 bridgehead atoms. The van der Waals surface area contributed by atoms with Crippen LogP contribution in [0.3, 0.4) is 0 Å². The monoisotopic (exact) mass is 265 g/mol. The van der Waals surface area contributed by atoms with Gasteiger partial charge in [-0.15, -0.1) is 0 Å². The Morgan fingerprint density at radius 3 is 2.74 bits per heavy atom. The second kappa shape index (κ2) is 6.24. The second-order valence-corrected chi connectivity index (χ2v) is 6.19. The van der Waals surface area contributed by atoms with Crippen LogP contribution < -0.4 is 0 Å². The highest BCUT2D eigenvalue weighted by Crippen LogP contribution is 2.45. The van der Waals surface area contributed by atoms with Crippen LogP contribution in [0.4, 0.5) is 0 Å². The first-order valence-corrected chi connectivity index (χ1v) is 7.83. The molecule has 0 amide bonds. The number of hydrogen-bond acceptors (Lipinski definition) is 2. The zero-order valence-corrected chi connectivity index (χ0v) is 12.5. The predicted molar refractivity (Wildman–Crippen MR) is 76.0 cm³/mol. The third-order valence-electron chi connectivity index (χ3n) is 4.70. The Morgan fingerprint density at radius 2 is 2.11 bits per heavy atom. The predicted octanol–water partition coefficient (Wildman–Crippen LogP) is 3.97. The zero-order chi connectivity index (χ0) is 13.9. The summed E-state index contributed by atoms with van der Waals surface area (Å²) in [6.07, 6.45) is 8.33. The van der Waals surface area contributed by atoms with E-state index in [9.17, 15) is 0 Å². The van der Waals surface area contributed by atoms with Crippen molar-refractivity contribution in [3.05, 3.63) is 11.4 Å². The molecule has 0 aromatic rings. The highest BCUT2D eigenvalue weighted by molar-refractivity contribution is 5.01. The molecule has 19 heavy (non-hydrogen) atoms. The van der Waals surface area contributed by atoms with Crippen LogP contribution in [0.2, 0.25) is 0 Å². The lowest BCUT2D eigenvalue weighted by Gasteiger charge is -2.41. The molecule has 0 saturated carbocycles. The normalized spacial score (nSPS) is 39.6. The van der Waals surface area contributed by atoms with Crippen molar-refractivity contribution in [2.75, 3.05) is 0 Å². The molecule has 0 unspecified atom stereocenters. The molecule has 0 aliphatic carbocycles. The molecule has 2 rings (SSSR count). The fraction of sp³-hybridized carbons (Fsp3) is 0.938. The van der Waals surface area contributed by atoms with E-state index in [4.69, 9.17) is 16.0 Å². The highest BCUT2D eigenvalue weighted by atomic mass is 16.6. The molecule has 2 fully saturated rings. The van der Waals surface area contributed by atoms with Gasteiger partial charge in [-0.25, -0.2) is 6.57 Å². The van der Waals surface area contributed by atoms with Crippen LogP contribution in [0.1, 0.15) is 65.7 Å². The zero-order valence-electron chi connectivity index (χ0n) is 12.5. The largest absolute Gasteiger partial charge is 0.372 e. The van der Waals surface area contributed by atoms with Gasteiger partial charge < -0.3 is 14.3 Å². The highest BCUT2D eigenvalue weighted by Gasteiger charge is 2.51. The van der Waals surface area contributed by atoms with E-state index in [1.54, 1.807) is 0 Å². The van der Waals surface area contributed by atoms with Gasteiger partial charge in [0.15, 0.2) is 0 Å². The summed E-state index contributed by atoms with van der Waals surface area (Å²) in [5, 5.41) is 0. The topological polar surface area (TPSA) is 22.8 Å².